The minimum atomic E-state index is -0.832. The number of benzene rings is 1. The highest BCUT2D eigenvalue weighted by atomic mass is 19.1. The number of aromatic nitrogens is 4. The Bertz CT molecular complexity index is 1330. The Labute approximate surface area is 194 Å². The SMILES string of the molecule is CN1CCC(c2ccc(C(=O)Nc3n[nH]c4nc(Nc5ncc(F)cc5F)ccc34)cc2)CC1. The monoisotopic (exact) mass is 463 g/mol. The molecule has 1 aliphatic heterocycles. The van der Waals surface area contributed by atoms with Crippen LogP contribution in [-0.2, 0) is 0 Å². The van der Waals surface area contributed by atoms with Crippen LogP contribution in [0.2, 0.25) is 0 Å². The maximum absolute atomic E-state index is 13.8. The van der Waals surface area contributed by atoms with Crippen molar-refractivity contribution < 1.29 is 13.6 Å². The topological polar surface area (TPSA) is 98.8 Å². The van der Waals surface area contributed by atoms with Crippen molar-refractivity contribution in [1.82, 2.24) is 25.1 Å². The van der Waals surface area contributed by atoms with E-state index in [1.807, 2.05) is 24.3 Å². The van der Waals surface area contributed by atoms with Gasteiger partial charge in [0, 0.05) is 11.6 Å². The number of carbonyl (C=O) groups is 1. The molecule has 0 spiro atoms. The molecule has 34 heavy (non-hydrogen) atoms. The summed E-state index contributed by atoms with van der Waals surface area (Å²) in [6.45, 7) is 2.17. The number of rotatable bonds is 5. The highest BCUT2D eigenvalue weighted by Gasteiger charge is 2.19. The maximum atomic E-state index is 13.8. The van der Waals surface area contributed by atoms with E-state index < -0.39 is 11.6 Å². The number of aromatic amines is 1. The minimum absolute atomic E-state index is 0.148. The smallest absolute Gasteiger partial charge is 0.256 e. The van der Waals surface area contributed by atoms with Crippen molar-refractivity contribution in [3.8, 4) is 0 Å². The van der Waals surface area contributed by atoms with Gasteiger partial charge in [-0.05, 0) is 68.7 Å². The Morgan fingerprint density at radius 2 is 1.85 bits per heavy atom. The third kappa shape index (κ3) is 4.58. The summed E-state index contributed by atoms with van der Waals surface area (Å²) in [5.41, 5.74) is 2.18. The number of anilines is 3. The molecule has 1 saturated heterocycles. The van der Waals surface area contributed by atoms with Gasteiger partial charge in [-0.25, -0.2) is 18.7 Å². The van der Waals surface area contributed by atoms with Gasteiger partial charge in [-0.3, -0.25) is 9.89 Å². The van der Waals surface area contributed by atoms with Crippen molar-refractivity contribution >= 4 is 34.4 Å². The molecule has 5 rings (SSSR count). The van der Waals surface area contributed by atoms with Crippen LogP contribution in [0.5, 0.6) is 0 Å². The summed E-state index contributed by atoms with van der Waals surface area (Å²) >= 11 is 0. The molecule has 0 saturated carbocycles. The molecule has 1 aliphatic rings. The van der Waals surface area contributed by atoms with Crippen LogP contribution in [0.25, 0.3) is 11.0 Å². The summed E-state index contributed by atoms with van der Waals surface area (Å²) in [5, 5.41) is 13.0. The Hall–Kier alpha value is -3.92. The summed E-state index contributed by atoms with van der Waals surface area (Å²) < 4.78 is 26.9. The number of H-pyrrole nitrogens is 1. The zero-order valence-corrected chi connectivity index (χ0v) is 18.5. The molecule has 1 aromatic carbocycles. The largest absolute Gasteiger partial charge is 0.322 e. The van der Waals surface area contributed by atoms with Gasteiger partial charge >= 0.3 is 0 Å². The van der Waals surface area contributed by atoms with Crippen molar-refractivity contribution in [3.63, 3.8) is 0 Å². The van der Waals surface area contributed by atoms with Crippen LogP contribution in [0.3, 0.4) is 0 Å². The van der Waals surface area contributed by atoms with Crippen molar-refractivity contribution in [2.24, 2.45) is 0 Å². The number of carbonyl (C=O) groups excluding carboxylic acids is 1. The fourth-order valence-corrected chi connectivity index (χ4v) is 4.13. The molecule has 0 bridgehead atoms. The second-order valence-electron chi connectivity index (χ2n) is 8.43. The molecule has 0 atom stereocenters. The lowest BCUT2D eigenvalue weighted by atomic mass is 9.89. The van der Waals surface area contributed by atoms with Crippen LogP contribution in [0.15, 0.2) is 48.7 Å². The Morgan fingerprint density at radius 3 is 2.59 bits per heavy atom. The molecule has 10 heteroatoms. The van der Waals surface area contributed by atoms with Gasteiger partial charge in [0.25, 0.3) is 5.91 Å². The first-order valence-corrected chi connectivity index (χ1v) is 11.0. The van der Waals surface area contributed by atoms with Crippen LogP contribution >= 0.6 is 0 Å². The zero-order valence-electron chi connectivity index (χ0n) is 18.5. The molecule has 4 heterocycles. The molecule has 174 valence electrons. The number of pyridine rings is 2. The van der Waals surface area contributed by atoms with E-state index in [1.54, 1.807) is 12.1 Å². The first-order valence-electron chi connectivity index (χ1n) is 11.0. The number of fused-ring (bicyclic) bond motifs is 1. The van der Waals surface area contributed by atoms with Crippen LogP contribution in [-0.4, -0.2) is 51.1 Å². The second kappa shape index (κ2) is 9.14. The molecule has 8 nitrogen and oxygen atoms in total. The van der Waals surface area contributed by atoms with Crippen molar-refractivity contribution in [2.75, 3.05) is 30.8 Å². The number of likely N-dealkylation sites (tertiary alicyclic amines) is 1. The highest BCUT2D eigenvalue weighted by molar-refractivity contribution is 6.07. The van der Waals surface area contributed by atoms with E-state index in [9.17, 15) is 13.6 Å². The molecule has 3 N–H and O–H groups in total. The molecule has 0 unspecified atom stereocenters. The summed E-state index contributed by atoms with van der Waals surface area (Å²) in [6, 6.07) is 11.7. The predicted octanol–water partition coefficient (Wildman–Crippen LogP) is 4.44. The molecule has 1 fully saturated rings. The summed E-state index contributed by atoms with van der Waals surface area (Å²) in [5.74, 6) is -0.872. The average Bonchev–Trinajstić information content (AvgIpc) is 3.23. The predicted molar refractivity (Wildman–Crippen MR) is 125 cm³/mol. The van der Waals surface area contributed by atoms with E-state index in [2.05, 4.69) is 42.7 Å². The molecule has 4 aromatic rings. The van der Waals surface area contributed by atoms with E-state index in [-0.39, 0.29) is 17.5 Å². The minimum Gasteiger partial charge on any atom is -0.322 e. The summed E-state index contributed by atoms with van der Waals surface area (Å²) in [6.07, 6.45) is 3.15. The molecular weight excluding hydrogens is 440 g/mol. The Morgan fingerprint density at radius 1 is 1.09 bits per heavy atom. The number of hydrogen-bond acceptors (Lipinski definition) is 6. The molecule has 0 aliphatic carbocycles. The van der Waals surface area contributed by atoms with E-state index in [1.165, 1.54) is 5.56 Å². The van der Waals surface area contributed by atoms with E-state index in [4.69, 9.17) is 0 Å². The quantitative estimate of drug-likeness (QED) is 0.405. The van der Waals surface area contributed by atoms with Crippen molar-refractivity contribution in [1.29, 1.82) is 0 Å². The van der Waals surface area contributed by atoms with Gasteiger partial charge in [-0.2, -0.15) is 5.10 Å². The lowest BCUT2D eigenvalue weighted by molar-refractivity contribution is 0.102. The Kier molecular flexibility index (Phi) is 5.89. The van der Waals surface area contributed by atoms with Crippen LogP contribution in [0.4, 0.5) is 26.2 Å². The lowest BCUT2D eigenvalue weighted by Crippen LogP contribution is -2.29. The number of halogens is 2. The van der Waals surface area contributed by atoms with Gasteiger partial charge in [0.05, 0.1) is 11.6 Å². The van der Waals surface area contributed by atoms with Gasteiger partial charge in [0.2, 0.25) is 0 Å². The fraction of sp³-hybridized carbons (Fsp3) is 0.250. The van der Waals surface area contributed by atoms with Gasteiger partial charge in [-0.15, -0.1) is 0 Å². The van der Waals surface area contributed by atoms with E-state index in [0.29, 0.717) is 28.3 Å². The third-order valence-electron chi connectivity index (χ3n) is 6.07. The molecule has 1 amide bonds. The van der Waals surface area contributed by atoms with Crippen LogP contribution < -0.4 is 10.6 Å². The van der Waals surface area contributed by atoms with Gasteiger partial charge < -0.3 is 15.5 Å². The van der Waals surface area contributed by atoms with E-state index >= 15 is 0 Å². The molecule has 3 aromatic heterocycles. The van der Waals surface area contributed by atoms with Crippen molar-refractivity contribution in [2.45, 2.75) is 18.8 Å². The summed E-state index contributed by atoms with van der Waals surface area (Å²) in [7, 11) is 2.14. The number of nitrogens with one attached hydrogen (secondary N) is 3. The van der Waals surface area contributed by atoms with Gasteiger partial charge in [0.15, 0.2) is 23.1 Å². The third-order valence-corrected chi connectivity index (χ3v) is 6.07. The number of nitrogens with zero attached hydrogens (tertiary/aromatic N) is 4. The second-order valence-corrected chi connectivity index (χ2v) is 8.43. The van der Waals surface area contributed by atoms with Crippen LogP contribution in [0, 0.1) is 11.6 Å². The molecule has 0 radical (unpaired) electrons. The van der Waals surface area contributed by atoms with Gasteiger partial charge in [0.1, 0.15) is 11.6 Å². The lowest BCUT2D eigenvalue weighted by Gasteiger charge is -2.29. The fourth-order valence-electron chi connectivity index (χ4n) is 4.13. The average molecular weight is 463 g/mol. The first kappa shape index (κ1) is 21.9. The maximum Gasteiger partial charge on any atom is 0.256 e. The van der Waals surface area contributed by atoms with Crippen LogP contribution in [0.1, 0.15) is 34.7 Å². The number of amides is 1. The summed E-state index contributed by atoms with van der Waals surface area (Å²) in [4.78, 5) is 23.1. The Balaban J connectivity index is 1.27. The number of piperidine rings is 1. The highest BCUT2D eigenvalue weighted by Crippen LogP contribution is 2.28. The van der Waals surface area contributed by atoms with Gasteiger partial charge in [-0.1, -0.05) is 12.1 Å². The normalized spacial score (nSPS) is 14.9. The van der Waals surface area contributed by atoms with Crippen molar-refractivity contribution in [3.05, 3.63) is 71.4 Å². The van der Waals surface area contributed by atoms with E-state index in [0.717, 1.165) is 38.2 Å². The molecular formula is C24H23F2N7O. The first-order chi connectivity index (χ1) is 16.5. The number of hydrogen-bond donors (Lipinski definition) is 3. The standard InChI is InChI=1S/C24H23F2N7O/c1-33-10-8-15(9-11-33)14-2-4-16(5-3-14)24(34)30-22-18-6-7-20(28-21(18)31-32-22)29-23-19(26)12-17(25)13-27-23/h2-7,12-13,15H,8-11H2,1H3,(H3,27,28,29,30,31,32,34). The zero-order chi connectivity index (χ0) is 23.7.